The third-order valence-corrected chi connectivity index (χ3v) is 5.99. The number of hydrogen-bond donors (Lipinski definition) is 1. The lowest BCUT2D eigenvalue weighted by molar-refractivity contribution is 0.234. The van der Waals surface area contributed by atoms with Crippen molar-refractivity contribution >= 4 is 38.1 Å². The molecule has 0 spiro atoms. The minimum atomic E-state index is -3.35. The van der Waals surface area contributed by atoms with E-state index in [1.807, 2.05) is 43.5 Å². The minimum absolute atomic E-state index is 0.0565. The number of benzene rings is 1. The van der Waals surface area contributed by atoms with Gasteiger partial charge in [-0.2, -0.15) is 0 Å². The molecular weight excluding hydrogens is 434 g/mol. The lowest BCUT2D eigenvalue weighted by atomic mass is 10.2. The smallest absolute Gasteiger partial charge is 0.187 e. The standard InChI is InChI=1S/C22H25N3O4S2/c1-15(2)29-21-10-9-18(31(4,26)27)12-19(21)24-22-25-20(14-30-22)16-7-8-17(23-13-16)6-5-11-28-3/h5-10,12-15H,11H2,1-4H3,(H,24,25). The van der Waals surface area contributed by atoms with Crippen LogP contribution in [0.3, 0.4) is 0 Å². The number of rotatable bonds is 9. The van der Waals surface area contributed by atoms with E-state index in [1.54, 1.807) is 31.5 Å². The summed E-state index contributed by atoms with van der Waals surface area (Å²) in [6, 6.07) is 8.64. The fraction of sp³-hybridized carbons (Fsp3) is 0.273. The molecule has 0 aliphatic carbocycles. The fourth-order valence-corrected chi connectivity index (χ4v) is 4.07. The summed E-state index contributed by atoms with van der Waals surface area (Å²) < 4.78 is 34.8. The van der Waals surface area contributed by atoms with Gasteiger partial charge in [-0.15, -0.1) is 11.3 Å². The van der Waals surface area contributed by atoms with Gasteiger partial charge in [-0.1, -0.05) is 6.08 Å². The number of anilines is 2. The first kappa shape index (κ1) is 22.9. The van der Waals surface area contributed by atoms with Gasteiger partial charge in [0.1, 0.15) is 5.75 Å². The van der Waals surface area contributed by atoms with Crippen LogP contribution >= 0.6 is 11.3 Å². The monoisotopic (exact) mass is 459 g/mol. The van der Waals surface area contributed by atoms with Crippen LogP contribution in [0.15, 0.2) is 52.9 Å². The second-order valence-corrected chi connectivity index (χ2v) is 9.96. The number of methoxy groups -OCH3 is 1. The van der Waals surface area contributed by atoms with Gasteiger partial charge in [0.2, 0.25) is 0 Å². The van der Waals surface area contributed by atoms with Crippen LogP contribution in [-0.2, 0) is 14.6 Å². The Balaban J connectivity index is 1.83. The maximum Gasteiger partial charge on any atom is 0.187 e. The van der Waals surface area contributed by atoms with Crippen molar-refractivity contribution < 1.29 is 17.9 Å². The van der Waals surface area contributed by atoms with E-state index >= 15 is 0 Å². The second kappa shape index (κ2) is 10.0. The molecule has 3 aromatic rings. The average molecular weight is 460 g/mol. The van der Waals surface area contributed by atoms with Crippen molar-refractivity contribution in [2.24, 2.45) is 0 Å². The van der Waals surface area contributed by atoms with Crippen molar-refractivity contribution in [1.82, 2.24) is 9.97 Å². The Kier molecular flexibility index (Phi) is 7.42. The summed E-state index contributed by atoms with van der Waals surface area (Å²) in [4.78, 5) is 9.25. The Morgan fingerprint density at radius 3 is 2.68 bits per heavy atom. The molecule has 2 heterocycles. The quantitative estimate of drug-likeness (QED) is 0.491. The van der Waals surface area contributed by atoms with Crippen molar-refractivity contribution in [3.05, 3.63) is 53.7 Å². The Bertz CT molecular complexity index is 1150. The summed E-state index contributed by atoms with van der Waals surface area (Å²) in [7, 11) is -1.70. The number of nitrogens with zero attached hydrogens (tertiary/aromatic N) is 2. The maximum absolute atomic E-state index is 12.0. The Labute approximate surface area is 186 Å². The second-order valence-electron chi connectivity index (χ2n) is 7.09. The SMILES string of the molecule is COCC=Cc1ccc(-c2csc(Nc3cc(S(C)(=O)=O)ccc3OC(C)C)n2)cn1. The first-order valence-corrected chi connectivity index (χ1v) is 12.4. The summed E-state index contributed by atoms with van der Waals surface area (Å²) in [6.45, 7) is 4.36. The zero-order chi connectivity index (χ0) is 22.4. The van der Waals surface area contributed by atoms with Gasteiger partial charge in [0.25, 0.3) is 0 Å². The molecular formula is C22H25N3O4S2. The van der Waals surface area contributed by atoms with Crippen LogP contribution in [0.2, 0.25) is 0 Å². The van der Waals surface area contributed by atoms with Gasteiger partial charge in [0, 0.05) is 30.5 Å². The van der Waals surface area contributed by atoms with Crippen molar-refractivity contribution in [2.75, 3.05) is 25.3 Å². The number of pyridine rings is 1. The van der Waals surface area contributed by atoms with Gasteiger partial charge in [0.05, 0.1) is 34.7 Å². The van der Waals surface area contributed by atoms with E-state index in [-0.39, 0.29) is 11.0 Å². The van der Waals surface area contributed by atoms with E-state index in [0.29, 0.717) is 23.2 Å². The molecule has 0 aliphatic rings. The number of aromatic nitrogens is 2. The molecule has 0 amide bonds. The highest BCUT2D eigenvalue weighted by atomic mass is 32.2. The van der Waals surface area contributed by atoms with E-state index in [0.717, 1.165) is 17.0 Å². The predicted molar refractivity (Wildman–Crippen MR) is 125 cm³/mol. The van der Waals surface area contributed by atoms with Gasteiger partial charge >= 0.3 is 0 Å². The zero-order valence-corrected chi connectivity index (χ0v) is 19.5. The molecule has 0 atom stereocenters. The molecule has 0 saturated carbocycles. The summed E-state index contributed by atoms with van der Waals surface area (Å²) >= 11 is 1.42. The molecule has 0 saturated heterocycles. The van der Waals surface area contributed by atoms with Crippen LogP contribution in [0.5, 0.6) is 5.75 Å². The first-order chi connectivity index (χ1) is 14.8. The molecule has 0 bridgehead atoms. The third kappa shape index (κ3) is 6.36. The lowest BCUT2D eigenvalue weighted by Crippen LogP contribution is -2.08. The summed E-state index contributed by atoms with van der Waals surface area (Å²) in [5, 5.41) is 5.74. The highest BCUT2D eigenvalue weighted by Crippen LogP contribution is 2.33. The summed E-state index contributed by atoms with van der Waals surface area (Å²) in [5.74, 6) is 0.563. The van der Waals surface area contributed by atoms with E-state index in [2.05, 4.69) is 15.3 Å². The Hall–Kier alpha value is -2.75. The summed E-state index contributed by atoms with van der Waals surface area (Å²) in [5.41, 5.74) is 3.05. The van der Waals surface area contributed by atoms with Gasteiger partial charge < -0.3 is 14.8 Å². The van der Waals surface area contributed by atoms with Crippen LogP contribution in [0.4, 0.5) is 10.8 Å². The topological polar surface area (TPSA) is 90.4 Å². The number of thiazole rings is 1. The molecule has 1 N–H and O–H groups in total. The van der Waals surface area contributed by atoms with Crippen LogP contribution in [-0.4, -0.2) is 44.5 Å². The predicted octanol–water partition coefficient (Wildman–Crippen LogP) is 4.80. The summed E-state index contributed by atoms with van der Waals surface area (Å²) in [6.07, 6.45) is 6.68. The number of ether oxygens (including phenoxy) is 2. The van der Waals surface area contributed by atoms with Crippen LogP contribution < -0.4 is 10.1 Å². The molecule has 0 aliphatic heterocycles. The fourth-order valence-electron chi connectivity index (χ4n) is 2.69. The molecule has 9 heteroatoms. The normalized spacial score (nSPS) is 11.9. The van der Waals surface area contributed by atoms with Crippen molar-refractivity contribution in [3.63, 3.8) is 0 Å². The average Bonchev–Trinajstić information content (AvgIpc) is 3.17. The molecule has 0 fully saturated rings. The minimum Gasteiger partial charge on any atom is -0.489 e. The number of sulfone groups is 1. The van der Waals surface area contributed by atoms with Crippen LogP contribution in [0.25, 0.3) is 17.3 Å². The third-order valence-electron chi connectivity index (χ3n) is 4.12. The lowest BCUT2D eigenvalue weighted by Gasteiger charge is -2.15. The Morgan fingerprint density at radius 2 is 2.03 bits per heavy atom. The van der Waals surface area contributed by atoms with E-state index in [4.69, 9.17) is 9.47 Å². The van der Waals surface area contributed by atoms with Gasteiger partial charge in [-0.05, 0) is 50.3 Å². The molecule has 3 rings (SSSR count). The first-order valence-electron chi connectivity index (χ1n) is 9.61. The van der Waals surface area contributed by atoms with Crippen molar-refractivity contribution in [1.29, 1.82) is 0 Å². The number of hydrogen-bond acceptors (Lipinski definition) is 8. The molecule has 31 heavy (non-hydrogen) atoms. The van der Waals surface area contributed by atoms with Gasteiger partial charge in [-0.25, -0.2) is 13.4 Å². The molecule has 0 unspecified atom stereocenters. The van der Waals surface area contributed by atoms with Crippen LogP contribution in [0, 0.1) is 0 Å². The van der Waals surface area contributed by atoms with Crippen molar-refractivity contribution in [2.45, 2.75) is 24.8 Å². The van der Waals surface area contributed by atoms with Gasteiger partial charge in [-0.3, -0.25) is 4.98 Å². The highest BCUT2D eigenvalue weighted by Gasteiger charge is 2.15. The molecule has 1 aromatic carbocycles. The highest BCUT2D eigenvalue weighted by molar-refractivity contribution is 7.90. The van der Waals surface area contributed by atoms with Crippen molar-refractivity contribution in [3.8, 4) is 17.0 Å². The van der Waals surface area contributed by atoms with Crippen LogP contribution in [0.1, 0.15) is 19.5 Å². The largest absolute Gasteiger partial charge is 0.489 e. The van der Waals surface area contributed by atoms with E-state index < -0.39 is 9.84 Å². The van der Waals surface area contributed by atoms with E-state index in [1.165, 1.54) is 17.6 Å². The Morgan fingerprint density at radius 1 is 1.23 bits per heavy atom. The maximum atomic E-state index is 12.0. The van der Waals surface area contributed by atoms with E-state index in [9.17, 15) is 8.42 Å². The molecule has 0 radical (unpaired) electrons. The molecule has 164 valence electrons. The van der Waals surface area contributed by atoms with Gasteiger partial charge in [0.15, 0.2) is 15.0 Å². The molecule has 7 nitrogen and oxygen atoms in total. The number of nitrogens with one attached hydrogen (secondary N) is 1. The zero-order valence-electron chi connectivity index (χ0n) is 17.8. The molecule has 2 aromatic heterocycles.